The first-order chi connectivity index (χ1) is 15.2. The van der Waals surface area contributed by atoms with E-state index in [0.29, 0.717) is 13.1 Å². The third-order valence-corrected chi connectivity index (χ3v) is 5.05. The van der Waals surface area contributed by atoms with Crippen molar-refractivity contribution in [3.63, 3.8) is 0 Å². The first-order valence-electron chi connectivity index (χ1n) is 10.4. The molecule has 156 valence electrons. The number of benzene rings is 3. The molecule has 0 aliphatic carbocycles. The van der Waals surface area contributed by atoms with Gasteiger partial charge in [-0.05, 0) is 42.8 Å². The summed E-state index contributed by atoms with van der Waals surface area (Å²) in [5.74, 6) is -0.0292. The van der Waals surface area contributed by atoms with Crippen molar-refractivity contribution < 1.29 is 4.79 Å². The van der Waals surface area contributed by atoms with Crippen LogP contribution in [-0.2, 0) is 17.8 Å². The molecule has 0 unspecified atom stereocenters. The molecule has 31 heavy (non-hydrogen) atoms. The van der Waals surface area contributed by atoms with E-state index in [9.17, 15) is 4.79 Å². The van der Waals surface area contributed by atoms with Gasteiger partial charge >= 0.3 is 0 Å². The fraction of sp³-hybridized carbons (Fsp3) is 0.154. The van der Waals surface area contributed by atoms with E-state index in [-0.39, 0.29) is 5.91 Å². The quantitative estimate of drug-likeness (QED) is 0.464. The van der Waals surface area contributed by atoms with Crippen LogP contribution in [0, 0.1) is 0 Å². The third-order valence-electron chi connectivity index (χ3n) is 5.05. The topological polar surface area (TPSA) is 50.2 Å². The van der Waals surface area contributed by atoms with Gasteiger partial charge < -0.3 is 5.32 Å². The van der Waals surface area contributed by atoms with E-state index >= 15 is 0 Å². The molecule has 0 aliphatic heterocycles. The Kier molecular flexibility index (Phi) is 6.55. The van der Waals surface area contributed by atoms with Crippen LogP contribution in [0.3, 0.4) is 0 Å². The minimum absolute atomic E-state index is 0.0292. The molecule has 0 fully saturated rings. The number of likely N-dealkylation sites (N-methyl/N-ethyl adjacent to an activating group) is 1. The maximum atomic E-state index is 12.7. The lowest BCUT2D eigenvalue weighted by molar-refractivity contribution is -0.117. The third kappa shape index (κ3) is 5.68. The maximum Gasteiger partial charge on any atom is 0.238 e. The molecule has 0 bridgehead atoms. The molecule has 0 aliphatic rings. The van der Waals surface area contributed by atoms with E-state index in [1.165, 1.54) is 5.56 Å². The molecular weight excluding hydrogens is 384 g/mol. The van der Waals surface area contributed by atoms with Gasteiger partial charge in [0.05, 0.1) is 18.4 Å². The first kappa shape index (κ1) is 20.6. The highest BCUT2D eigenvalue weighted by atomic mass is 16.2. The zero-order chi connectivity index (χ0) is 21.5. The van der Waals surface area contributed by atoms with Gasteiger partial charge in [0.25, 0.3) is 0 Å². The summed E-state index contributed by atoms with van der Waals surface area (Å²) >= 11 is 0. The van der Waals surface area contributed by atoms with Crippen LogP contribution in [0.1, 0.15) is 16.7 Å². The van der Waals surface area contributed by atoms with Gasteiger partial charge in [-0.1, -0.05) is 66.7 Å². The Labute approximate surface area is 183 Å². The molecule has 0 saturated heterocycles. The van der Waals surface area contributed by atoms with Crippen LogP contribution in [0.15, 0.2) is 97.3 Å². The Morgan fingerprint density at radius 2 is 1.58 bits per heavy atom. The van der Waals surface area contributed by atoms with E-state index in [4.69, 9.17) is 0 Å². The molecule has 4 rings (SSSR count). The zero-order valence-corrected chi connectivity index (χ0v) is 17.6. The molecule has 5 nitrogen and oxygen atoms in total. The lowest BCUT2D eigenvalue weighted by Crippen LogP contribution is -2.30. The Hall–Kier alpha value is -3.70. The van der Waals surface area contributed by atoms with Crippen LogP contribution in [0.25, 0.3) is 5.69 Å². The van der Waals surface area contributed by atoms with E-state index < -0.39 is 0 Å². The minimum Gasteiger partial charge on any atom is -0.325 e. The van der Waals surface area contributed by atoms with Gasteiger partial charge in [0.1, 0.15) is 0 Å². The Morgan fingerprint density at radius 1 is 0.903 bits per heavy atom. The SMILES string of the molecule is CN(CC(=O)Nc1ccccc1Cc1ccccc1)Cc1cnn(-c2ccccc2)c1. The maximum absolute atomic E-state index is 12.7. The Bertz CT molecular complexity index is 1120. The molecule has 3 aromatic carbocycles. The van der Waals surface area contributed by atoms with Crippen molar-refractivity contribution in [2.45, 2.75) is 13.0 Å². The van der Waals surface area contributed by atoms with Crippen molar-refractivity contribution in [1.82, 2.24) is 14.7 Å². The summed E-state index contributed by atoms with van der Waals surface area (Å²) in [6.45, 7) is 0.947. The Balaban J connectivity index is 1.35. The van der Waals surface area contributed by atoms with E-state index in [2.05, 4.69) is 28.6 Å². The van der Waals surface area contributed by atoms with Crippen molar-refractivity contribution in [1.29, 1.82) is 0 Å². The zero-order valence-electron chi connectivity index (χ0n) is 17.6. The predicted octanol–water partition coefficient (Wildman–Crippen LogP) is 4.53. The fourth-order valence-corrected chi connectivity index (χ4v) is 3.58. The molecule has 1 heterocycles. The van der Waals surface area contributed by atoms with Crippen molar-refractivity contribution in [2.75, 3.05) is 18.9 Å². The largest absolute Gasteiger partial charge is 0.325 e. The van der Waals surface area contributed by atoms with Crippen LogP contribution in [0.2, 0.25) is 0 Å². The van der Waals surface area contributed by atoms with Crippen molar-refractivity contribution in [3.8, 4) is 5.69 Å². The molecule has 0 atom stereocenters. The lowest BCUT2D eigenvalue weighted by atomic mass is 10.0. The molecule has 0 radical (unpaired) electrons. The van der Waals surface area contributed by atoms with Crippen LogP contribution in [0.4, 0.5) is 5.69 Å². The molecular formula is C26H26N4O. The molecule has 0 saturated carbocycles. The normalized spacial score (nSPS) is 10.9. The molecule has 1 N–H and O–H groups in total. The fourth-order valence-electron chi connectivity index (χ4n) is 3.58. The second-order valence-electron chi connectivity index (χ2n) is 7.67. The Morgan fingerprint density at radius 3 is 2.35 bits per heavy atom. The number of nitrogens with one attached hydrogen (secondary N) is 1. The summed E-state index contributed by atoms with van der Waals surface area (Å²) in [5, 5.41) is 7.50. The highest BCUT2D eigenvalue weighted by molar-refractivity contribution is 5.93. The van der Waals surface area contributed by atoms with Crippen LogP contribution in [0.5, 0.6) is 0 Å². The van der Waals surface area contributed by atoms with Gasteiger partial charge in [-0.25, -0.2) is 4.68 Å². The number of hydrogen-bond acceptors (Lipinski definition) is 3. The number of anilines is 1. The summed E-state index contributed by atoms with van der Waals surface area (Å²) in [4.78, 5) is 14.7. The standard InChI is InChI=1S/C26H26N4O/c1-29(18-22-17-27-30(19-22)24-13-6-3-7-14-24)20-26(31)28-25-15-9-8-12-23(25)16-21-10-4-2-5-11-21/h2-15,17,19H,16,18,20H2,1H3,(H,28,31). The number of para-hydroxylation sites is 2. The van der Waals surface area contributed by atoms with Crippen LogP contribution in [-0.4, -0.2) is 34.2 Å². The average Bonchev–Trinajstić information content (AvgIpc) is 3.24. The van der Waals surface area contributed by atoms with E-state index in [1.807, 2.05) is 95.8 Å². The van der Waals surface area contributed by atoms with Crippen LogP contribution < -0.4 is 5.32 Å². The van der Waals surface area contributed by atoms with Gasteiger partial charge in [-0.15, -0.1) is 0 Å². The average molecular weight is 411 g/mol. The number of hydrogen-bond donors (Lipinski definition) is 1. The number of carbonyl (C=O) groups excluding carboxylic acids is 1. The number of nitrogens with zero attached hydrogens (tertiary/aromatic N) is 3. The first-order valence-corrected chi connectivity index (χ1v) is 10.4. The van der Waals surface area contributed by atoms with Gasteiger partial charge in [-0.3, -0.25) is 9.69 Å². The van der Waals surface area contributed by atoms with Crippen LogP contribution >= 0.6 is 0 Å². The number of rotatable bonds is 8. The molecule has 4 aromatic rings. The highest BCUT2D eigenvalue weighted by Gasteiger charge is 2.11. The molecule has 1 amide bonds. The summed E-state index contributed by atoms with van der Waals surface area (Å²) in [5.41, 5.74) is 5.26. The van der Waals surface area contributed by atoms with Gasteiger partial charge in [0.15, 0.2) is 0 Å². The second kappa shape index (κ2) is 9.87. The van der Waals surface area contributed by atoms with Crippen molar-refractivity contribution >= 4 is 11.6 Å². The minimum atomic E-state index is -0.0292. The molecule has 0 spiro atoms. The molecule has 5 heteroatoms. The summed E-state index contributed by atoms with van der Waals surface area (Å²) in [6, 6.07) is 28.2. The van der Waals surface area contributed by atoms with E-state index in [1.54, 1.807) is 0 Å². The second-order valence-corrected chi connectivity index (χ2v) is 7.67. The number of aromatic nitrogens is 2. The number of carbonyl (C=O) groups is 1. The van der Waals surface area contributed by atoms with Gasteiger partial charge in [-0.2, -0.15) is 5.10 Å². The monoisotopic (exact) mass is 410 g/mol. The summed E-state index contributed by atoms with van der Waals surface area (Å²) < 4.78 is 1.85. The van der Waals surface area contributed by atoms with E-state index in [0.717, 1.165) is 28.9 Å². The number of amides is 1. The van der Waals surface area contributed by atoms with Crippen molar-refractivity contribution in [3.05, 3.63) is 114 Å². The lowest BCUT2D eigenvalue weighted by Gasteiger charge is -2.16. The van der Waals surface area contributed by atoms with Gasteiger partial charge in [0, 0.05) is 24.0 Å². The summed E-state index contributed by atoms with van der Waals surface area (Å²) in [7, 11) is 1.94. The predicted molar refractivity (Wildman–Crippen MR) is 124 cm³/mol. The van der Waals surface area contributed by atoms with Gasteiger partial charge in [0.2, 0.25) is 5.91 Å². The highest BCUT2D eigenvalue weighted by Crippen LogP contribution is 2.19. The van der Waals surface area contributed by atoms with Crippen molar-refractivity contribution in [2.24, 2.45) is 0 Å². The smallest absolute Gasteiger partial charge is 0.238 e. The molecule has 1 aromatic heterocycles. The summed E-state index contributed by atoms with van der Waals surface area (Å²) in [6.07, 6.45) is 4.63.